The van der Waals surface area contributed by atoms with Crippen molar-refractivity contribution in [2.75, 3.05) is 23.3 Å². The zero-order chi connectivity index (χ0) is 29.2. The van der Waals surface area contributed by atoms with E-state index in [9.17, 15) is 18.0 Å². The fourth-order valence-electron chi connectivity index (χ4n) is 6.45. The van der Waals surface area contributed by atoms with Crippen molar-refractivity contribution in [2.24, 2.45) is 0 Å². The molecule has 10 nitrogen and oxygen atoms in total. The number of benzene rings is 1. The number of piperidine rings is 1. The predicted octanol–water partition coefficient (Wildman–Crippen LogP) is 5.02. The number of fused-ring (bicyclic) bond motifs is 2. The van der Waals surface area contributed by atoms with Gasteiger partial charge in [-0.3, -0.25) is 9.69 Å². The topological polar surface area (TPSA) is 122 Å². The number of aryl methyl sites for hydroxylation is 1. The van der Waals surface area contributed by atoms with E-state index < -0.39 is 32.2 Å². The molecule has 2 aliphatic heterocycles. The molecule has 2 amide bonds. The van der Waals surface area contributed by atoms with Crippen molar-refractivity contribution < 1.29 is 22.7 Å². The molecule has 1 saturated heterocycles. The van der Waals surface area contributed by atoms with E-state index in [0.717, 1.165) is 55.5 Å². The maximum Gasteiger partial charge on any atom is 0.410 e. The summed E-state index contributed by atoms with van der Waals surface area (Å²) in [5, 5.41) is 2.70. The van der Waals surface area contributed by atoms with Crippen molar-refractivity contribution in [3.05, 3.63) is 35.5 Å². The van der Waals surface area contributed by atoms with Gasteiger partial charge in [0.1, 0.15) is 11.4 Å². The summed E-state index contributed by atoms with van der Waals surface area (Å²) >= 11 is 0. The first-order valence-corrected chi connectivity index (χ1v) is 16.2. The zero-order valence-electron chi connectivity index (χ0n) is 24.3. The van der Waals surface area contributed by atoms with Gasteiger partial charge >= 0.3 is 6.09 Å². The highest BCUT2D eigenvalue weighted by Crippen LogP contribution is 2.57. The molecule has 2 aromatic rings. The minimum atomic E-state index is -3.58. The van der Waals surface area contributed by atoms with Crippen LogP contribution in [0.3, 0.4) is 0 Å². The highest BCUT2D eigenvalue weighted by atomic mass is 32.2. The van der Waals surface area contributed by atoms with Crippen LogP contribution in [0.25, 0.3) is 0 Å². The van der Waals surface area contributed by atoms with E-state index in [1.54, 1.807) is 29.3 Å². The number of carbonyl (C=O) groups is 2. The van der Waals surface area contributed by atoms with Crippen LogP contribution in [-0.2, 0) is 24.8 Å². The van der Waals surface area contributed by atoms with E-state index in [1.807, 2.05) is 32.6 Å². The lowest BCUT2D eigenvalue weighted by atomic mass is 10.0. The average molecular weight is 582 g/mol. The van der Waals surface area contributed by atoms with Gasteiger partial charge in [-0.05, 0) is 90.0 Å². The van der Waals surface area contributed by atoms with Crippen LogP contribution in [0.15, 0.2) is 29.3 Å². The van der Waals surface area contributed by atoms with Gasteiger partial charge in [-0.1, -0.05) is 12.8 Å². The van der Waals surface area contributed by atoms with E-state index in [-0.39, 0.29) is 16.8 Å². The highest BCUT2D eigenvalue weighted by Gasteiger charge is 2.61. The molecule has 0 atom stereocenters. The normalized spacial score (nSPS) is 20.9. The number of aromatic nitrogens is 2. The zero-order valence-corrected chi connectivity index (χ0v) is 25.1. The molecule has 2 aliphatic carbocycles. The monoisotopic (exact) mass is 581 g/mol. The van der Waals surface area contributed by atoms with Crippen LogP contribution in [0.5, 0.6) is 0 Å². The van der Waals surface area contributed by atoms with Crippen LogP contribution in [0.1, 0.15) is 83.3 Å². The minimum absolute atomic E-state index is 0.175. The van der Waals surface area contributed by atoms with Crippen LogP contribution in [-0.4, -0.2) is 65.3 Å². The number of sulfone groups is 1. The first-order valence-electron chi connectivity index (χ1n) is 14.7. The number of ether oxygens (including phenoxy) is 1. The Hall–Kier alpha value is -3.21. The summed E-state index contributed by atoms with van der Waals surface area (Å²) in [6.45, 7) is 7.98. The number of hydrogen-bond donors (Lipinski definition) is 1. The van der Waals surface area contributed by atoms with Crippen LogP contribution in [0, 0.1) is 6.92 Å². The third kappa shape index (κ3) is 5.06. The molecule has 3 heterocycles. The predicted molar refractivity (Wildman–Crippen MR) is 155 cm³/mol. The molecule has 0 radical (unpaired) electrons. The Balaban J connectivity index is 1.16. The third-order valence-corrected chi connectivity index (χ3v) is 11.1. The molecule has 1 spiro atoms. The number of hydrogen-bond acceptors (Lipinski definition) is 8. The van der Waals surface area contributed by atoms with E-state index in [0.29, 0.717) is 37.6 Å². The lowest BCUT2D eigenvalue weighted by Gasteiger charge is -2.33. The van der Waals surface area contributed by atoms with Gasteiger partial charge in [-0.15, -0.1) is 0 Å². The van der Waals surface area contributed by atoms with Gasteiger partial charge in [0.05, 0.1) is 15.6 Å². The molecule has 1 aromatic carbocycles. The summed E-state index contributed by atoms with van der Waals surface area (Å²) < 4.78 is 32.4. The summed E-state index contributed by atoms with van der Waals surface area (Å²) in [4.78, 5) is 38.9. The molecule has 1 N–H and O–H groups in total. The maximum atomic E-state index is 13.5. The number of carbonyl (C=O) groups excluding carboxylic acids is 2. The first-order chi connectivity index (χ1) is 19.4. The Morgan fingerprint density at radius 3 is 2.39 bits per heavy atom. The largest absolute Gasteiger partial charge is 0.444 e. The van der Waals surface area contributed by atoms with Gasteiger partial charge in [0.25, 0.3) is 0 Å². The summed E-state index contributed by atoms with van der Waals surface area (Å²) in [6.07, 6.45) is 8.09. The lowest BCUT2D eigenvalue weighted by Crippen LogP contribution is -2.44. The fourth-order valence-corrected chi connectivity index (χ4v) is 8.26. The molecule has 1 aromatic heterocycles. The number of nitrogens with zero attached hydrogens (tertiary/aromatic N) is 4. The number of likely N-dealkylation sites (tertiary alicyclic amines) is 1. The van der Waals surface area contributed by atoms with Gasteiger partial charge in [0, 0.05) is 36.6 Å². The molecule has 0 unspecified atom stereocenters. The van der Waals surface area contributed by atoms with Gasteiger partial charge in [-0.25, -0.2) is 18.2 Å². The van der Waals surface area contributed by atoms with Crippen LogP contribution < -0.4 is 10.2 Å². The quantitative estimate of drug-likeness (QED) is 0.522. The van der Waals surface area contributed by atoms with E-state index >= 15 is 0 Å². The van der Waals surface area contributed by atoms with Crippen molar-refractivity contribution >= 4 is 39.3 Å². The number of amides is 2. The molecule has 11 heteroatoms. The average Bonchev–Trinajstić information content (AvgIpc) is 3.48. The first kappa shape index (κ1) is 27.9. The molecule has 220 valence electrons. The number of anilines is 3. The second-order valence-electron chi connectivity index (χ2n) is 12.9. The standard InChI is InChI=1S/C30H39N5O5S/c1-19-17-22(41(38,39)21-11-15-34(16-12-21)28(37)40-29(2,3)4)9-10-24(19)32-27-31-18-23-25(33-27)35(20-7-5-6-8-20)26(36)30(23)13-14-30/h9-10,17-18,20-21H,5-8,11-16H2,1-4H3,(H,31,32,33). The van der Waals surface area contributed by atoms with E-state index in [2.05, 4.69) is 10.3 Å². The molecule has 41 heavy (non-hydrogen) atoms. The highest BCUT2D eigenvalue weighted by molar-refractivity contribution is 7.92. The van der Waals surface area contributed by atoms with Crippen LogP contribution in [0.2, 0.25) is 0 Å². The van der Waals surface area contributed by atoms with Gasteiger partial charge < -0.3 is 15.0 Å². The molecule has 4 aliphatic rings. The fraction of sp³-hybridized carbons (Fsp3) is 0.600. The second kappa shape index (κ2) is 9.96. The van der Waals surface area contributed by atoms with Crippen LogP contribution >= 0.6 is 0 Å². The van der Waals surface area contributed by atoms with Gasteiger partial charge in [0.15, 0.2) is 9.84 Å². The lowest BCUT2D eigenvalue weighted by molar-refractivity contribution is -0.120. The minimum Gasteiger partial charge on any atom is -0.444 e. The SMILES string of the molecule is Cc1cc(S(=O)(=O)C2CCN(C(=O)OC(C)(C)C)CC2)ccc1Nc1ncc2c(n1)N(C1CCCC1)C(=O)C21CC1. The Morgan fingerprint density at radius 2 is 1.78 bits per heavy atom. The molecule has 6 rings (SSSR count). The molecule has 0 bridgehead atoms. The number of rotatable bonds is 5. The molecule has 3 fully saturated rings. The molecular weight excluding hydrogens is 542 g/mol. The van der Waals surface area contributed by atoms with Gasteiger partial charge in [0.2, 0.25) is 11.9 Å². The van der Waals surface area contributed by atoms with Gasteiger partial charge in [-0.2, -0.15) is 4.98 Å². The smallest absolute Gasteiger partial charge is 0.410 e. The Morgan fingerprint density at radius 1 is 1.10 bits per heavy atom. The summed E-state index contributed by atoms with van der Waals surface area (Å²) in [5.41, 5.74) is 1.39. The maximum absolute atomic E-state index is 13.5. The van der Waals surface area contributed by atoms with Crippen molar-refractivity contribution in [1.82, 2.24) is 14.9 Å². The Kier molecular flexibility index (Phi) is 6.79. The molecule has 2 saturated carbocycles. The van der Waals surface area contributed by atoms with Crippen molar-refractivity contribution in [3.63, 3.8) is 0 Å². The Labute approximate surface area is 241 Å². The summed E-state index contributed by atoms with van der Waals surface area (Å²) in [5.74, 6) is 1.30. The number of nitrogens with one attached hydrogen (secondary N) is 1. The second-order valence-corrected chi connectivity index (χ2v) is 15.2. The summed E-state index contributed by atoms with van der Waals surface area (Å²) in [7, 11) is -3.58. The van der Waals surface area contributed by atoms with Crippen molar-refractivity contribution in [1.29, 1.82) is 0 Å². The third-order valence-electron chi connectivity index (χ3n) is 8.89. The van der Waals surface area contributed by atoms with E-state index in [1.165, 1.54) is 0 Å². The van der Waals surface area contributed by atoms with Crippen molar-refractivity contribution in [3.8, 4) is 0 Å². The van der Waals surface area contributed by atoms with Crippen LogP contribution in [0.4, 0.5) is 22.2 Å². The van der Waals surface area contributed by atoms with E-state index in [4.69, 9.17) is 9.72 Å². The Bertz CT molecular complexity index is 1480. The van der Waals surface area contributed by atoms with Crippen molar-refractivity contribution in [2.45, 2.75) is 106 Å². The molecular formula is C30H39N5O5S. The summed E-state index contributed by atoms with van der Waals surface area (Å²) in [6, 6.07) is 5.24.